The van der Waals surface area contributed by atoms with E-state index in [9.17, 15) is 5.11 Å². The van der Waals surface area contributed by atoms with E-state index in [2.05, 4.69) is 0 Å². The van der Waals surface area contributed by atoms with Crippen molar-refractivity contribution >= 4 is 0 Å². The first kappa shape index (κ1) is 12.0. The van der Waals surface area contributed by atoms with Crippen molar-refractivity contribution in [3.63, 3.8) is 0 Å². The van der Waals surface area contributed by atoms with Crippen LogP contribution in [-0.4, -0.2) is 34.6 Å². The summed E-state index contributed by atoms with van der Waals surface area (Å²) >= 11 is 0. The van der Waals surface area contributed by atoms with Crippen molar-refractivity contribution in [2.45, 2.75) is 19.1 Å². The summed E-state index contributed by atoms with van der Waals surface area (Å²) in [5.74, 6) is 0.528. The van der Waals surface area contributed by atoms with Crippen molar-refractivity contribution in [3.8, 4) is 5.75 Å². The molecule has 0 bridgehead atoms. The van der Waals surface area contributed by atoms with Gasteiger partial charge in [0.25, 0.3) is 0 Å². The zero-order valence-corrected chi connectivity index (χ0v) is 8.63. The van der Waals surface area contributed by atoms with E-state index in [0.717, 1.165) is 0 Å². The van der Waals surface area contributed by atoms with Crippen molar-refractivity contribution in [2.75, 3.05) is 13.2 Å². The lowest BCUT2D eigenvalue weighted by molar-refractivity contribution is 0.0523. The second-order valence-corrected chi connectivity index (χ2v) is 3.36. The normalized spacial score (nSPS) is 14.7. The summed E-state index contributed by atoms with van der Waals surface area (Å²) in [5.41, 5.74) is 0.669. The summed E-state index contributed by atoms with van der Waals surface area (Å²) in [6.45, 7) is 1.32. The summed E-state index contributed by atoms with van der Waals surface area (Å²) in [6.07, 6.45) is -1.51. The molecule has 3 N–H and O–H groups in total. The van der Waals surface area contributed by atoms with Gasteiger partial charge in [0.1, 0.15) is 18.5 Å². The molecule has 0 saturated heterocycles. The molecule has 0 aromatic heterocycles. The Hall–Kier alpha value is -1.10. The van der Waals surface area contributed by atoms with Crippen molar-refractivity contribution < 1.29 is 20.1 Å². The van der Waals surface area contributed by atoms with Crippen LogP contribution >= 0.6 is 0 Å². The number of ether oxygens (including phenoxy) is 1. The Morgan fingerprint density at radius 1 is 1.27 bits per heavy atom. The number of hydrogen-bond donors (Lipinski definition) is 3. The smallest absolute Gasteiger partial charge is 0.125 e. The molecule has 15 heavy (non-hydrogen) atoms. The summed E-state index contributed by atoms with van der Waals surface area (Å²) in [5, 5.41) is 27.2. The zero-order chi connectivity index (χ0) is 11.3. The summed E-state index contributed by atoms with van der Waals surface area (Å²) in [7, 11) is 0. The summed E-state index contributed by atoms with van der Waals surface area (Å²) in [4.78, 5) is 0. The third kappa shape index (κ3) is 3.51. The maximum Gasteiger partial charge on any atom is 0.125 e. The molecule has 84 valence electrons. The monoisotopic (exact) mass is 212 g/mol. The molecule has 0 spiro atoms. The number of benzene rings is 1. The van der Waals surface area contributed by atoms with Crippen molar-refractivity contribution in [2.24, 2.45) is 0 Å². The van der Waals surface area contributed by atoms with Crippen LogP contribution in [0.3, 0.4) is 0 Å². The van der Waals surface area contributed by atoms with Crippen molar-refractivity contribution in [1.29, 1.82) is 0 Å². The van der Waals surface area contributed by atoms with Gasteiger partial charge in [-0.25, -0.2) is 0 Å². The van der Waals surface area contributed by atoms with Gasteiger partial charge in [0, 0.05) is 5.56 Å². The zero-order valence-electron chi connectivity index (χ0n) is 8.63. The van der Waals surface area contributed by atoms with Gasteiger partial charge in [0.05, 0.1) is 12.7 Å². The first-order valence-corrected chi connectivity index (χ1v) is 4.84. The van der Waals surface area contributed by atoms with Crippen LogP contribution in [0.15, 0.2) is 24.3 Å². The summed E-state index contributed by atoms with van der Waals surface area (Å²) < 4.78 is 5.28. The molecule has 0 radical (unpaired) electrons. The number of aliphatic hydroxyl groups excluding tert-OH is 3. The van der Waals surface area contributed by atoms with Crippen LogP contribution in [0.4, 0.5) is 0 Å². The molecule has 1 rings (SSSR count). The SMILES string of the molecule is C[C@@H](O)c1ccccc1OCC(O)CO. The minimum Gasteiger partial charge on any atom is -0.490 e. The lowest BCUT2D eigenvalue weighted by Crippen LogP contribution is -2.21. The third-order valence-corrected chi connectivity index (χ3v) is 2.01. The molecule has 1 aromatic carbocycles. The van der Waals surface area contributed by atoms with Gasteiger partial charge in [-0.3, -0.25) is 0 Å². The van der Waals surface area contributed by atoms with Crippen LogP contribution in [0.25, 0.3) is 0 Å². The maximum absolute atomic E-state index is 9.44. The quantitative estimate of drug-likeness (QED) is 0.663. The van der Waals surface area contributed by atoms with Gasteiger partial charge in [-0.1, -0.05) is 18.2 Å². The van der Waals surface area contributed by atoms with E-state index in [1.807, 2.05) is 0 Å². The molecule has 4 heteroatoms. The topological polar surface area (TPSA) is 69.9 Å². The molecule has 0 amide bonds. The van der Waals surface area contributed by atoms with Crippen molar-refractivity contribution in [1.82, 2.24) is 0 Å². The van der Waals surface area contributed by atoms with Crippen molar-refractivity contribution in [3.05, 3.63) is 29.8 Å². The van der Waals surface area contributed by atoms with Gasteiger partial charge in [0.15, 0.2) is 0 Å². The van der Waals surface area contributed by atoms with Gasteiger partial charge in [-0.2, -0.15) is 0 Å². The average molecular weight is 212 g/mol. The maximum atomic E-state index is 9.44. The highest BCUT2D eigenvalue weighted by Crippen LogP contribution is 2.24. The number of aliphatic hydroxyl groups is 3. The van der Waals surface area contributed by atoms with E-state index >= 15 is 0 Å². The van der Waals surface area contributed by atoms with E-state index in [-0.39, 0.29) is 13.2 Å². The fraction of sp³-hybridized carbons (Fsp3) is 0.455. The Kier molecular flexibility index (Phi) is 4.55. The molecule has 1 aromatic rings. The van der Waals surface area contributed by atoms with Gasteiger partial charge in [-0.15, -0.1) is 0 Å². The molecule has 1 unspecified atom stereocenters. The Morgan fingerprint density at radius 3 is 2.53 bits per heavy atom. The lowest BCUT2D eigenvalue weighted by Gasteiger charge is -2.14. The predicted octanol–water partition coefficient (Wildman–Crippen LogP) is 0.472. The molecule has 0 heterocycles. The first-order valence-electron chi connectivity index (χ1n) is 4.84. The third-order valence-electron chi connectivity index (χ3n) is 2.01. The van der Waals surface area contributed by atoms with E-state index in [1.54, 1.807) is 31.2 Å². The van der Waals surface area contributed by atoms with E-state index < -0.39 is 12.2 Å². The molecule has 0 fully saturated rings. The standard InChI is InChI=1S/C11H16O4/c1-8(13)10-4-2-3-5-11(10)15-7-9(14)6-12/h2-5,8-9,12-14H,6-7H2,1H3/t8-,9?/m1/s1. The molecule has 0 aliphatic carbocycles. The highest BCUT2D eigenvalue weighted by molar-refractivity contribution is 5.34. The lowest BCUT2D eigenvalue weighted by atomic mass is 10.1. The van der Waals surface area contributed by atoms with Gasteiger partial charge < -0.3 is 20.1 Å². The van der Waals surface area contributed by atoms with Crippen LogP contribution in [0.2, 0.25) is 0 Å². The molecular formula is C11H16O4. The van der Waals surface area contributed by atoms with E-state index in [0.29, 0.717) is 11.3 Å². The molecule has 2 atom stereocenters. The fourth-order valence-corrected chi connectivity index (χ4v) is 1.20. The fourth-order valence-electron chi connectivity index (χ4n) is 1.20. The van der Waals surface area contributed by atoms with Crippen LogP contribution in [0.1, 0.15) is 18.6 Å². The largest absolute Gasteiger partial charge is 0.490 e. The van der Waals surface area contributed by atoms with Gasteiger partial charge in [-0.05, 0) is 13.0 Å². The molecule has 0 aliphatic heterocycles. The Bertz CT molecular complexity index is 298. The molecule has 4 nitrogen and oxygen atoms in total. The highest BCUT2D eigenvalue weighted by Gasteiger charge is 2.09. The number of para-hydroxylation sites is 1. The van der Waals surface area contributed by atoms with Gasteiger partial charge in [0.2, 0.25) is 0 Å². The Morgan fingerprint density at radius 2 is 1.93 bits per heavy atom. The van der Waals surface area contributed by atoms with Crippen LogP contribution in [0.5, 0.6) is 5.75 Å². The number of hydrogen-bond acceptors (Lipinski definition) is 4. The van der Waals surface area contributed by atoms with Crippen LogP contribution in [-0.2, 0) is 0 Å². The van der Waals surface area contributed by atoms with Crippen LogP contribution < -0.4 is 4.74 Å². The Labute approximate surface area is 88.8 Å². The second-order valence-electron chi connectivity index (χ2n) is 3.36. The minimum atomic E-state index is -0.896. The Balaban J connectivity index is 2.67. The average Bonchev–Trinajstić information content (AvgIpc) is 2.26. The molecule has 0 saturated carbocycles. The molecule has 0 aliphatic rings. The van der Waals surface area contributed by atoms with E-state index in [1.165, 1.54) is 0 Å². The molecular weight excluding hydrogens is 196 g/mol. The number of rotatable bonds is 5. The highest BCUT2D eigenvalue weighted by atomic mass is 16.5. The predicted molar refractivity (Wildman–Crippen MR) is 55.7 cm³/mol. The van der Waals surface area contributed by atoms with E-state index in [4.69, 9.17) is 14.9 Å². The first-order chi connectivity index (χ1) is 7.15. The minimum absolute atomic E-state index is 0.0141. The van der Waals surface area contributed by atoms with Gasteiger partial charge >= 0.3 is 0 Å². The second kappa shape index (κ2) is 5.70. The summed E-state index contributed by atoms with van der Waals surface area (Å²) in [6, 6.07) is 7.06. The van der Waals surface area contributed by atoms with Crippen LogP contribution in [0, 0.1) is 0 Å².